The minimum absolute atomic E-state index is 0.178. The topological polar surface area (TPSA) is 26.3 Å². The van der Waals surface area contributed by atoms with Gasteiger partial charge in [0.2, 0.25) is 0 Å². The van der Waals surface area contributed by atoms with Crippen LogP contribution in [0.25, 0.3) is 0 Å². The van der Waals surface area contributed by atoms with Gasteiger partial charge in [-0.05, 0) is 42.8 Å². The average Bonchev–Trinajstić information content (AvgIpc) is 2.41. The van der Waals surface area contributed by atoms with Crippen molar-refractivity contribution in [1.29, 1.82) is 0 Å². The molecule has 4 heteroatoms. The van der Waals surface area contributed by atoms with E-state index < -0.39 is 0 Å². The van der Waals surface area contributed by atoms with Crippen LogP contribution in [-0.2, 0) is 0 Å². The molecule has 2 aromatic rings. The molecule has 2 rings (SSSR count). The van der Waals surface area contributed by atoms with Crippen LogP contribution in [0.4, 0.5) is 0 Å². The predicted octanol–water partition coefficient (Wildman–Crippen LogP) is 5.12. The van der Waals surface area contributed by atoms with E-state index in [-0.39, 0.29) is 10.8 Å². The monoisotopic (exact) mass is 382 g/mol. The van der Waals surface area contributed by atoms with E-state index in [4.69, 9.17) is 4.74 Å². The molecule has 0 spiro atoms. The summed E-state index contributed by atoms with van der Waals surface area (Å²) in [6, 6.07) is 14.4. The maximum atomic E-state index is 11.9. The first-order valence-electron chi connectivity index (χ1n) is 5.78. The van der Waals surface area contributed by atoms with E-state index in [0.717, 1.165) is 10.0 Å². The number of halogens is 2. The molecule has 0 heterocycles. The van der Waals surface area contributed by atoms with Crippen molar-refractivity contribution in [2.45, 2.75) is 11.8 Å². The summed E-state index contributed by atoms with van der Waals surface area (Å²) < 4.78 is 6.35. The van der Waals surface area contributed by atoms with E-state index in [0.29, 0.717) is 11.3 Å². The molecular formula is C15H12Br2O2. The number of carbonyl (C=O) groups is 1. The summed E-state index contributed by atoms with van der Waals surface area (Å²) in [4.78, 5) is 12.1. The molecule has 0 fully saturated rings. The largest absolute Gasteiger partial charge is 0.423 e. The molecule has 0 saturated carbocycles. The molecular weight excluding hydrogens is 372 g/mol. The van der Waals surface area contributed by atoms with Gasteiger partial charge in [-0.15, -0.1) is 0 Å². The molecule has 1 atom stereocenters. The number of carbonyl (C=O) groups excluding carboxylic acids is 1. The van der Waals surface area contributed by atoms with Crippen LogP contribution in [-0.4, -0.2) is 5.97 Å². The maximum absolute atomic E-state index is 11.9. The minimum atomic E-state index is -0.351. The third kappa shape index (κ3) is 3.67. The highest BCUT2D eigenvalue weighted by Crippen LogP contribution is 2.32. The Morgan fingerprint density at radius 2 is 1.84 bits per heavy atom. The number of hydrogen-bond donors (Lipinski definition) is 0. The van der Waals surface area contributed by atoms with Crippen molar-refractivity contribution in [2.75, 3.05) is 0 Å². The smallest absolute Gasteiger partial charge is 0.343 e. The van der Waals surface area contributed by atoms with Crippen molar-refractivity contribution in [3.63, 3.8) is 0 Å². The number of esters is 1. The highest BCUT2D eigenvalue weighted by atomic mass is 79.9. The van der Waals surface area contributed by atoms with Crippen LogP contribution >= 0.6 is 31.9 Å². The number of alkyl halides is 1. The van der Waals surface area contributed by atoms with Gasteiger partial charge in [-0.25, -0.2) is 4.79 Å². The highest BCUT2D eigenvalue weighted by molar-refractivity contribution is 9.11. The van der Waals surface area contributed by atoms with Gasteiger partial charge < -0.3 is 4.74 Å². The molecule has 98 valence electrons. The summed E-state index contributed by atoms with van der Waals surface area (Å²) in [7, 11) is 0. The lowest BCUT2D eigenvalue weighted by atomic mass is 10.1. The molecule has 2 aromatic carbocycles. The number of benzene rings is 2. The van der Waals surface area contributed by atoms with Crippen LogP contribution < -0.4 is 4.74 Å². The molecule has 0 N–H and O–H groups in total. The Labute approximate surface area is 129 Å². The zero-order valence-corrected chi connectivity index (χ0v) is 13.4. The Morgan fingerprint density at radius 1 is 1.16 bits per heavy atom. The van der Waals surface area contributed by atoms with Gasteiger partial charge in [-0.2, -0.15) is 0 Å². The highest BCUT2D eigenvalue weighted by Gasteiger charge is 2.11. The van der Waals surface area contributed by atoms with Crippen molar-refractivity contribution in [3.8, 4) is 5.75 Å². The molecule has 0 aliphatic heterocycles. The first-order chi connectivity index (χ1) is 9.08. The van der Waals surface area contributed by atoms with Gasteiger partial charge in [-0.3, -0.25) is 0 Å². The van der Waals surface area contributed by atoms with Crippen LogP contribution in [0.1, 0.15) is 27.7 Å². The average molecular weight is 384 g/mol. The van der Waals surface area contributed by atoms with Gasteiger partial charge in [0.05, 0.1) is 5.56 Å². The van der Waals surface area contributed by atoms with Crippen molar-refractivity contribution in [3.05, 3.63) is 64.1 Å². The molecule has 0 radical (unpaired) electrons. The van der Waals surface area contributed by atoms with Crippen molar-refractivity contribution in [2.24, 2.45) is 0 Å². The molecule has 1 unspecified atom stereocenters. The second kappa shape index (κ2) is 6.35. The lowest BCUT2D eigenvalue weighted by Crippen LogP contribution is -2.08. The van der Waals surface area contributed by atoms with Gasteiger partial charge in [0.1, 0.15) is 5.75 Å². The SMILES string of the molecule is CC(Br)c1cc(OC(=O)c2ccccc2)ccc1Br. The van der Waals surface area contributed by atoms with Crippen molar-refractivity contribution < 1.29 is 9.53 Å². The summed E-state index contributed by atoms with van der Waals surface area (Å²) in [6.07, 6.45) is 0. The summed E-state index contributed by atoms with van der Waals surface area (Å²) in [5, 5.41) is 0. The van der Waals surface area contributed by atoms with Crippen LogP contribution in [0.5, 0.6) is 5.75 Å². The van der Waals surface area contributed by atoms with Crippen molar-refractivity contribution in [1.82, 2.24) is 0 Å². The number of hydrogen-bond acceptors (Lipinski definition) is 2. The van der Waals surface area contributed by atoms with E-state index in [9.17, 15) is 4.79 Å². The lowest BCUT2D eigenvalue weighted by Gasteiger charge is -2.10. The van der Waals surface area contributed by atoms with Gasteiger partial charge in [0, 0.05) is 9.30 Å². The van der Waals surface area contributed by atoms with Gasteiger partial charge >= 0.3 is 5.97 Å². The summed E-state index contributed by atoms with van der Waals surface area (Å²) in [6.45, 7) is 2.02. The first kappa shape index (κ1) is 14.3. The fraction of sp³-hybridized carbons (Fsp3) is 0.133. The Morgan fingerprint density at radius 3 is 2.47 bits per heavy atom. The number of rotatable bonds is 3. The third-order valence-corrected chi connectivity index (χ3v) is 3.83. The Bertz CT molecular complexity index is 580. The van der Waals surface area contributed by atoms with Gasteiger partial charge in [0.15, 0.2) is 0 Å². The standard InChI is InChI=1S/C15H12Br2O2/c1-10(16)13-9-12(7-8-14(13)17)19-15(18)11-5-3-2-4-6-11/h2-10H,1H3. The fourth-order valence-electron chi connectivity index (χ4n) is 1.63. The predicted molar refractivity (Wildman–Crippen MR) is 82.9 cm³/mol. The Balaban J connectivity index is 2.20. The van der Waals surface area contributed by atoms with Crippen LogP contribution in [0.2, 0.25) is 0 Å². The van der Waals surface area contributed by atoms with E-state index in [2.05, 4.69) is 31.9 Å². The normalized spacial score (nSPS) is 11.9. The third-order valence-electron chi connectivity index (χ3n) is 2.62. The Hall–Kier alpha value is -1.13. The van der Waals surface area contributed by atoms with Crippen LogP contribution in [0.3, 0.4) is 0 Å². The van der Waals surface area contributed by atoms with Crippen LogP contribution in [0, 0.1) is 0 Å². The maximum Gasteiger partial charge on any atom is 0.343 e. The fourth-order valence-corrected chi connectivity index (χ4v) is 2.91. The van der Waals surface area contributed by atoms with E-state index in [1.165, 1.54) is 0 Å². The van der Waals surface area contributed by atoms with E-state index in [1.54, 1.807) is 18.2 Å². The summed E-state index contributed by atoms with van der Waals surface area (Å²) >= 11 is 6.98. The first-order valence-corrected chi connectivity index (χ1v) is 7.49. The number of ether oxygens (including phenoxy) is 1. The molecule has 0 aromatic heterocycles. The molecule has 0 bridgehead atoms. The lowest BCUT2D eigenvalue weighted by molar-refractivity contribution is 0.0734. The molecule has 0 amide bonds. The zero-order valence-electron chi connectivity index (χ0n) is 10.3. The second-order valence-electron chi connectivity index (χ2n) is 4.05. The molecule has 0 aliphatic rings. The zero-order chi connectivity index (χ0) is 13.8. The molecule has 0 saturated heterocycles. The van der Waals surface area contributed by atoms with Crippen LogP contribution in [0.15, 0.2) is 53.0 Å². The molecule has 19 heavy (non-hydrogen) atoms. The summed E-state index contributed by atoms with van der Waals surface area (Å²) in [5.41, 5.74) is 1.58. The van der Waals surface area contributed by atoms with Crippen molar-refractivity contribution >= 4 is 37.8 Å². The van der Waals surface area contributed by atoms with E-state index in [1.807, 2.05) is 37.3 Å². The molecule has 0 aliphatic carbocycles. The quantitative estimate of drug-likeness (QED) is 0.417. The Kier molecular flexibility index (Phi) is 4.77. The minimum Gasteiger partial charge on any atom is -0.423 e. The summed E-state index contributed by atoms with van der Waals surface area (Å²) in [5.74, 6) is 0.189. The van der Waals surface area contributed by atoms with E-state index >= 15 is 0 Å². The van der Waals surface area contributed by atoms with Gasteiger partial charge in [0.25, 0.3) is 0 Å². The van der Waals surface area contributed by atoms with Gasteiger partial charge in [-0.1, -0.05) is 50.1 Å². The molecule has 2 nitrogen and oxygen atoms in total. The second-order valence-corrected chi connectivity index (χ2v) is 6.28.